The molecule has 0 saturated carbocycles. The fourth-order valence-electron chi connectivity index (χ4n) is 2.40. The number of urea groups is 1. The van der Waals surface area contributed by atoms with Crippen LogP contribution in [0.3, 0.4) is 0 Å². The van der Waals surface area contributed by atoms with Crippen LogP contribution in [0.25, 0.3) is 0 Å². The summed E-state index contributed by atoms with van der Waals surface area (Å²) in [5.74, 6) is -0.108. The van der Waals surface area contributed by atoms with E-state index in [-0.39, 0.29) is 17.0 Å². The summed E-state index contributed by atoms with van der Waals surface area (Å²) in [6.45, 7) is 5.28. The number of nitrogens with two attached hydrogens (primary N) is 1. The summed E-state index contributed by atoms with van der Waals surface area (Å²) in [5, 5.41) is 25.8. The van der Waals surface area contributed by atoms with E-state index in [9.17, 15) is 15.0 Å². The lowest BCUT2D eigenvalue weighted by Crippen LogP contribution is -2.42. The molecule has 1 aromatic heterocycles. The number of primary amides is 1. The van der Waals surface area contributed by atoms with Crippen molar-refractivity contribution in [3.8, 4) is 5.75 Å². The van der Waals surface area contributed by atoms with Crippen molar-refractivity contribution in [2.45, 2.75) is 38.5 Å². The molecule has 0 aliphatic heterocycles. The zero-order valence-corrected chi connectivity index (χ0v) is 14.4. The molecule has 8 heteroatoms. The van der Waals surface area contributed by atoms with Crippen LogP contribution >= 0.6 is 0 Å². The highest BCUT2D eigenvalue weighted by molar-refractivity contribution is 5.89. The number of carbonyl (C=O) groups is 1. The largest absolute Gasteiger partial charge is 0.506 e. The maximum absolute atomic E-state index is 10.9. The molecule has 8 nitrogen and oxygen atoms in total. The molecule has 0 saturated heterocycles. The number of nitrogens with zero attached hydrogens (tertiary/aromatic N) is 2. The monoisotopic (exact) mass is 347 g/mol. The normalized spacial score (nSPS) is 12.8. The molecule has 2 rings (SSSR count). The predicted octanol–water partition coefficient (Wildman–Crippen LogP) is 1.57. The van der Waals surface area contributed by atoms with Crippen LogP contribution in [-0.2, 0) is 6.54 Å². The number of phenolic OH excluding ortho intramolecular Hbond substituents is 1. The van der Waals surface area contributed by atoms with Crippen LogP contribution in [0.1, 0.15) is 31.9 Å². The van der Waals surface area contributed by atoms with Gasteiger partial charge in [-0.2, -0.15) is 0 Å². The van der Waals surface area contributed by atoms with Crippen LogP contribution < -0.4 is 16.4 Å². The third-order valence-electron chi connectivity index (χ3n) is 3.99. The number of aromatic nitrogens is 2. The van der Waals surface area contributed by atoms with E-state index < -0.39 is 12.1 Å². The highest BCUT2D eigenvalue weighted by Gasteiger charge is 2.19. The Hall–Kier alpha value is -2.58. The lowest BCUT2D eigenvalue weighted by atomic mass is 9.99. The Bertz CT molecular complexity index is 700. The Morgan fingerprint density at radius 3 is 2.84 bits per heavy atom. The van der Waals surface area contributed by atoms with Gasteiger partial charge in [-0.05, 0) is 38.0 Å². The first-order chi connectivity index (χ1) is 11.8. The average molecular weight is 347 g/mol. The number of aryl methyl sites for hydroxylation is 1. The van der Waals surface area contributed by atoms with Crippen LogP contribution in [-0.4, -0.2) is 37.9 Å². The Kier molecular flexibility index (Phi) is 6.00. The molecule has 2 aromatic rings. The Morgan fingerprint density at radius 1 is 1.44 bits per heavy atom. The van der Waals surface area contributed by atoms with Crippen LogP contribution in [0.2, 0.25) is 0 Å². The Labute approximate surface area is 146 Å². The fraction of sp³-hybridized carbons (Fsp3) is 0.412. The molecule has 1 unspecified atom stereocenters. The number of nitrogens with one attached hydrogen (secondary N) is 2. The zero-order chi connectivity index (χ0) is 18.4. The van der Waals surface area contributed by atoms with Crippen LogP contribution in [0.4, 0.5) is 10.5 Å². The van der Waals surface area contributed by atoms with E-state index >= 15 is 0 Å². The van der Waals surface area contributed by atoms with E-state index in [4.69, 9.17) is 5.73 Å². The minimum Gasteiger partial charge on any atom is -0.506 e. The number of amides is 2. The van der Waals surface area contributed by atoms with Gasteiger partial charge in [0.1, 0.15) is 5.75 Å². The molecule has 6 N–H and O–H groups in total. The summed E-state index contributed by atoms with van der Waals surface area (Å²) in [4.78, 5) is 15.0. The first-order valence-electron chi connectivity index (χ1n) is 8.05. The van der Waals surface area contributed by atoms with Gasteiger partial charge in [0.15, 0.2) is 0 Å². The lowest BCUT2D eigenvalue weighted by molar-refractivity contribution is 0.158. The van der Waals surface area contributed by atoms with Gasteiger partial charge < -0.3 is 31.1 Å². The standard InChI is InChI=1S/C17H25N5O3/c1-17(2,5-7-22-8-6-19-11-22)20-10-15(24)12-3-4-14(23)13(9-12)21-16(18)25/h3-4,6,8-9,11,15,20,23-24H,5,7,10H2,1-2H3,(H3,18,21,25). The molecular formula is C17H25N5O3. The number of aliphatic hydroxyl groups is 1. The summed E-state index contributed by atoms with van der Waals surface area (Å²) < 4.78 is 2.00. The smallest absolute Gasteiger partial charge is 0.316 e. The van der Waals surface area contributed by atoms with Crippen molar-refractivity contribution in [1.82, 2.24) is 14.9 Å². The first kappa shape index (κ1) is 18.8. The van der Waals surface area contributed by atoms with E-state index in [0.717, 1.165) is 13.0 Å². The molecule has 1 atom stereocenters. The van der Waals surface area contributed by atoms with Crippen molar-refractivity contribution in [1.29, 1.82) is 0 Å². The molecule has 0 aliphatic rings. The van der Waals surface area contributed by atoms with Gasteiger partial charge in [0.05, 0.1) is 18.1 Å². The molecule has 0 spiro atoms. The number of aliphatic hydroxyl groups excluding tert-OH is 1. The number of hydrogen-bond donors (Lipinski definition) is 5. The van der Waals surface area contributed by atoms with Gasteiger partial charge in [-0.15, -0.1) is 0 Å². The second kappa shape index (κ2) is 8.00. The van der Waals surface area contributed by atoms with Gasteiger partial charge in [-0.25, -0.2) is 9.78 Å². The van der Waals surface area contributed by atoms with Crippen molar-refractivity contribution in [2.24, 2.45) is 5.73 Å². The second-order valence-corrected chi connectivity index (χ2v) is 6.60. The maximum atomic E-state index is 10.9. The molecule has 136 valence electrons. The molecular weight excluding hydrogens is 322 g/mol. The summed E-state index contributed by atoms with van der Waals surface area (Å²) in [7, 11) is 0. The zero-order valence-electron chi connectivity index (χ0n) is 14.4. The molecule has 1 heterocycles. The highest BCUT2D eigenvalue weighted by atomic mass is 16.3. The topological polar surface area (TPSA) is 125 Å². The number of hydrogen-bond acceptors (Lipinski definition) is 5. The van der Waals surface area contributed by atoms with Crippen LogP contribution in [0, 0.1) is 0 Å². The molecule has 0 aliphatic carbocycles. The van der Waals surface area contributed by atoms with Crippen molar-refractivity contribution < 1.29 is 15.0 Å². The highest BCUT2D eigenvalue weighted by Crippen LogP contribution is 2.27. The minimum atomic E-state index is -0.790. The van der Waals surface area contributed by atoms with Crippen molar-refractivity contribution in [3.63, 3.8) is 0 Å². The number of benzene rings is 1. The summed E-state index contributed by atoms with van der Waals surface area (Å²) in [6, 6.07) is 3.74. The van der Waals surface area contributed by atoms with Gasteiger partial charge in [-0.1, -0.05) is 6.07 Å². The molecule has 25 heavy (non-hydrogen) atoms. The van der Waals surface area contributed by atoms with Gasteiger partial charge in [0.25, 0.3) is 0 Å². The number of anilines is 1. The quantitative estimate of drug-likeness (QED) is 0.464. The summed E-state index contributed by atoms with van der Waals surface area (Å²) in [5.41, 5.74) is 5.62. The van der Waals surface area contributed by atoms with Gasteiger partial charge in [0, 0.05) is 31.0 Å². The van der Waals surface area contributed by atoms with E-state index in [1.807, 2.05) is 10.8 Å². The fourth-order valence-corrected chi connectivity index (χ4v) is 2.40. The number of β-amino-alcohol motifs (C(OH)–C–C–N with tert-alkyl or cyclic N) is 1. The number of aromatic hydroxyl groups is 1. The number of rotatable bonds is 8. The third kappa shape index (κ3) is 5.77. The van der Waals surface area contributed by atoms with Crippen molar-refractivity contribution in [3.05, 3.63) is 42.5 Å². The van der Waals surface area contributed by atoms with E-state index in [2.05, 4.69) is 29.5 Å². The van der Waals surface area contributed by atoms with E-state index in [1.165, 1.54) is 12.1 Å². The predicted molar refractivity (Wildman–Crippen MR) is 95.2 cm³/mol. The molecule has 2 amide bonds. The number of imidazole rings is 1. The lowest BCUT2D eigenvalue weighted by Gasteiger charge is -2.28. The Morgan fingerprint density at radius 2 is 2.20 bits per heavy atom. The number of carbonyl (C=O) groups excluding carboxylic acids is 1. The summed E-state index contributed by atoms with van der Waals surface area (Å²) >= 11 is 0. The minimum absolute atomic E-state index is 0.108. The van der Waals surface area contributed by atoms with Gasteiger partial charge >= 0.3 is 6.03 Å². The summed E-state index contributed by atoms with van der Waals surface area (Å²) in [6.07, 6.45) is 5.50. The number of phenols is 1. The molecule has 0 radical (unpaired) electrons. The SMILES string of the molecule is CC(C)(CCn1ccnc1)NCC(O)c1ccc(O)c(NC(N)=O)c1. The van der Waals surface area contributed by atoms with Gasteiger partial charge in [0.2, 0.25) is 0 Å². The molecule has 0 fully saturated rings. The van der Waals surface area contributed by atoms with Gasteiger partial charge in [-0.3, -0.25) is 0 Å². The van der Waals surface area contributed by atoms with E-state index in [0.29, 0.717) is 12.1 Å². The van der Waals surface area contributed by atoms with E-state index in [1.54, 1.807) is 18.6 Å². The average Bonchev–Trinajstić information content (AvgIpc) is 3.06. The maximum Gasteiger partial charge on any atom is 0.316 e. The second-order valence-electron chi connectivity index (χ2n) is 6.60. The van der Waals surface area contributed by atoms with Crippen molar-refractivity contribution in [2.75, 3.05) is 11.9 Å². The Balaban J connectivity index is 1.92. The molecule has 0 bridgehead atoms. The first-order valence-corrected chi connectivity index (χ1v) is 8.05. The molecule has 1 aromatic carbocycles. The van der Waals surface area contributed by atoms with Crippen LogP contribution in [0.15, 0.2) is 36.9 Å². The third-order valence-corrected chi connectivity index (χ3v) is 3.99. The van der Waals surface area contributed by atoms with Crippen LogP contribution in [0.5, 0.6) is 5.75 Å². The van der Waals surface area contributed by atoms with Crippen molar-refractivity contribution >= 4 is 11.7 Å².